The van der Waals surface area contributed by atoms with Crippen molar-refractivity contribution in [1.29, 1.82) is 0 Å². The highest BCUT2D eigenvalue weighted by molar-refractivity contribution is 7.89. The first-order valence-electron chi connectivity index (χ1n) is 8.08. The van der Waals surface area contributed by atoms with Gasteiger partial charge in [-0.3, -0.25) is 4.79 Å². The molecule has 2 aromatic rings. The molecule has 0 aliphatic rings. The van der Waals surface area contributed by atoms with Gasteiger partial charge in [-0.15, -0.1) is 0 Å². The van der Waals surface area contributed by atoms with E-state index in [2.05, 4.69) is 5.32 Å². The minimum absolute atomic E-state index is 0.00151. The van der Waals surface area contributed by atoms with Gasteiger partial charge in [0, 0.05) is 12.6 Å². The SMILES string of the molecule is CCN(CC(=O)Nc1cc(F)ccc1F)S(=O)(=O)c1cc(C)ccc1OC. The Bertz CT molecular complexity index is 948. The van der Waals surface area contributed by atoms with Gasteiger partial charge in [0.15, 0.2) is 0 Å². The van der Waals surface area contributed by atoms with Crippen molar-refractivity contribution in [2.24, 2.45) is 0 Å². The molecule has 0 aliphatic heterocycles. The topological polar surface area (TPSA) is 75.7 Å². The van der Waals surface area contributed by atoms with Gasteiger partial charge in [-0.2, -0.15) is 4.31 Å². The third kappa shape index (κ3) is 4.81. The summed E-state index contributed by atoms with van der Waals surface area (Å²) >= 11 is 0. The molecule has 146 valence electrons. The minimum Gasteiger partial charge on any atom is -0.495 e. The van der Waals surface area contributed by atoms with Crippen molar-refractivity contribution in [2.45, 2.75) is 18.7 Å². The van der Waals surface area contributed by atoms with E-state index in [1.807, 2.05) is 0 Å². The number of nitrogens with one attached hydrogen (secondary N) is 1. The van der Waals surface area contributed by atoms with Crippen LogP contribution >= 0.6 is 0 Å². The number of ether oxygens (including phenoxy) is 1. The van der Waals surface area contributed by atoms with Crippen molar-refractivity contribution in [2.75, 3.05) is 25.5 Å². The predicted octanol–water partition coefficient (Wildman–Crippen LogP) is 2.93. The Kier molecular flexibility index (Phi) is 6.50. The third-order valence-corrected chi connectivity index (χ3v) is 5.75. The van der Waals surface area contributed by atoms with Gasteiger partial charge < -0.3 is 10.1 Å². The van der Waals surface area contributed by atoms with E-state index in [-0.39, 0.29) is 22.9 Å². The highest BCUT2D eigenvalue weighted by Crippen LogP contribution is 2.27. The standard InChI is InChI=1S/C18H20F2N2O4S/c1-4-22(11-18(23)21-15-10-13(19)6-7-14(15)20)27(24,25)17-9-12(2)5-8-16(17)26-3/h5-10H,4,11H2,1-3H3,(H,21,23). The molecule has 1 amide bonds. The number of anilines is 1. The van der Waals surface area contributed by atoms with E-state index in [0.717, 1.165) is 22.5 Å². The van der Waals surface area contributed by atoms with Gasteiger partial charge in [0.25, 0.3) is 0 Å². The van der Waals surface area contributed by atoms with Crippen LogP contribution in [0.25, 0.3) is 0 Å². The Labute approximate surface area is 156 Å². The zero-order chi connectivity index (χ0) is 20.2. The number of methoxy groups -OCH3 is 1. The van der Waals surface area contributed by atoms with E-state index in [4.69, 9.17) is 4.74 Å². The second-order valence-electron chi connectivity index (χ2n) is 5.76. The first-order chi connectivity index (χ1) is 12.7. The quantitative estimate of drug-likeness (QED) is 0.778. The number of aryl methyl sites for hydroxylation is 1. The first-order valence-corrected chi connectivity index (χ1v) is 9.52. The molecule has 2 aromatic carbocycles. The van der Waals surface area contributed by atoms with E-state index in [1.165, 1.54) is 19.2 Å². The number of nitrogens with zero attached hydrogens (tertiary/aromatic N) is 1. The highest BCUT2D eigenvalue weighted by Gasteiger charge is 2.28. The van der Waals surface area contributed by atoms with Crippen molar-refractivity contribution >= 4 is 21.6 Å². The molecule has 0 saturated heterocycles. The van der Waals surface area contributed by atoms with Crippen LogP contribution in [0.3, 0.4) is 0 Å². The molecular weight excluding hydrogens is 378 g/mol. The number of hydrogen-bond donors (Lipinski definition) is 1. The highest BCUT2D eigenvalue weighted by atomic mass is 32.2. The summed E-state index contributed by atoms with van der Waals surface area (Å²) in [6.45, 7) is 2.73. The first kappa shape index (κ1) is 20.8. The fraction of sp³-hybridized carbons (Fsp3) is 0.278. The summed E-state index contributed by atoms with van der Waals surface area (Å²) in [6, 6.07) is 7.28. The number of carbonyl (C=O) groups is 1. The number of amides is 1. The number of sulfonamides is 1. The Hall–Kier alpha value is -2.52. The molecule has 0 radical (unpaired) electrons. The summed E-state index contributed by atoms with van der Waals surface area (Å²) in [5.74, 6) is -2.20. The average Bonchev–Trinajstić information content (AvgIpc) is 2.62. The minimum atomic E-state index is -4.04. The lowest BCUT2D eigenvalue weighted by atomic mass is 10.2. The molecule has 6 nitrogen and oxygen atoms in total. The molecule has 1 N–H and O–H groups in total. The third-order valence-electron chi connectivity index (χ3n) is 3.81. The second-order valence-corrected chi connectivity index (χ2v) is 7.66. The van der Waals surface area contributed by atoms with Crippen LogP contribution in [-0.2, 0) is 14.8 Å². The molecule has 0 fully saturated rings. The summed E-state index contributed by atoms with van der Waals surface area (Å²) < 4.78 is 58.8. The molecule has 0 atom stereocenters. The molecule has 0 bridgehead atoms. The summed E-state index contributed by atoms with van der Waals surface area (Å²) in [7, 11) is -2.70. The lowest BCUT2D eigenvalue weighted by Gasteiger charge is -2.21. The van der Waals surface area contributed by atoms with Crippen LogP contribution in [0.1, 0.15) is 12.5 Å². The maximum Gasteiger partial charge on any atom is 0.247 e. The van der Waals surface area contributed by atoms with Crippen molar-refractivity contribution in [3.8, 4) is 5.75 Å². The number of halogens is 2. The van der Waals surface area contributed by atoms with Crippen LogP contribution in [0, 0.1) is 18.6 Å². The van der Waals surface area contributed by atoms with Gasteiger partial charge in [-0.25, -0.2) is 17.2 Å². The second kappa shape index (κ2) is 8.45. The van der Waals surface area contributed by atoms with Crippen molar-refractivity contribution in [1.82, 2.24) is 4.31 Å². The molecule has 0 saturated carbocycles. The fourth-order valence-corrected chi connectivity index (χ4v) is 4.08. The predicted molar refractivity (Wildman–Crippen MR) is 97.2 cm³/mol. The smallest absolute Gasteiger partial charge is 0.247 e. The van der Waals surface area contributed by atoms with Crippen LogP contribution in [0.15, 0.2) is 41.3 Å². The van der Waals surface area contributed by atoms with Crippen molar-refractivity contribution in [3.63, 3.8) is 0 Å². The molecule has 0 aromatic heterocycles. The molecule has 2 rings (SSSR count). The Balaban J connectivity index is 2.27. The number of hydrogen-bond acceptors (Lipinski definition) is 4. The van der Waals surface area contributed by atoms with Gasteiger partial charge in [0.2, 0.25) is 15.9 Å². The summed E-state index contributed by atoms with van der Waals surface area (Å²) in [5, 5.41) is 2.19. The van der Waals surface area contributed by atoms with Gasteiger partial charge >= 0.3 is 0 Å². The number of likely N-dealkylation sites (N-methyl/N-ethyl adjacent to an activating group) is 1. The molecule has 0 spiro atoms. The van der Waals surface area contributed by atoms with Crippen LogP contribution in [-0.4, -0.2) is 38.8 Å². The van der Waals surface area contributed by atoms with Crippen molar-refractivity contribution in [3.05, 3.63) is 53.6 Å². The lowest BCUT2D eigenvalue weighted by Crippen LogP contribution is -2.38. The van der Waals surface area contributed by atoms with Gasteiger partial charge in [-0.05, 0) is 36.8 Å². The largest absolute Gasteiger partial charge is 0.495 e. The van der Waals surface area contributed by atoms with Gasteiger partial charge in [0.05, 0.1) is 19.3 Å². The van der Waals surface area contributed by atoms with Crippen LogP contribution in [0.4, 0.5) is 14.5 Å². The Morgan fingerprint density at radius 2 is 1.89 bits per heavy atom. The zero-order valence-electron chi connectivity index (χ0n) is 15.1. The van der Waals surface area contributed by atoms with Crippen molar-refractivity contribution < 1.29 is 26.7 Å². The molecule has 27 heavy (non-hydrogen) atoms. The van der Waals surface area contributed by atoms with E-state index in [1.54, 1.807) is 19.9 Å². The zero-order valence-corrected chi connectivity index (χ0v) is 15.9. The normalized spacial score (nSPS) is 11.5. The average molecular weight is 398 g/mol. The number of benzene rings is 2. The molecule has 0 heterocycles. The van der Waals surface area contributed by atoms with E-state index in [0.29, 0.717) is 5.56 Å². The van der Waals surface area contributed by atoms with Crippen LogP contribution in [0.2, 0.25) is 0 Å². The lowest BCUT2D eigenvalue weighted by molar-refractivity contribution is -0.116. The van der Waals surface area contributed by atoms with Gasteiger partial charge in [0.1, 0.15) is 22.3 Å². The fourth-order valence-electron chi connectivity index (χ4n) is 2.43. The van der Waals surface area contributed by atoms with Gasteiger partial charge in [-0.1, -0.05) is 13.0 Å². The number of rotatable bonds is 7. The maximum absolute atomic E-state index is 13.7. The molecular formula is C18H20F2N2O4S. The summed E-state index contributed by atoms with van der Waals surface area (Å²) in [6.07, 6.45) is 0. The monoisotopic (exact) mass is 398 g/mol. The number of carbonyl (C=O) groups excluding carboxylic acids is 1. The van der Waals surface area contributed by atoms with Crippen LogP contribution < -0.4 is 10.1 Å². The van der Waals surface area contributed by atoms with E-state index < -0.39 is 34.1 Å². The molecule has 0 unspecified atom stereocenters. The Morgan fingerprint density at radius 1 is 1.19 bits per heavy atom. The van der Waals surface area contributed by atoms with E-state index >= 15 is 0 Å². The maximum atomic E-state index is 13.7. The Morgan fingerprint density at radius 3 is 2.52 bits per heavy atom. The van der Waals surface area contributed by atoms with E-state index in [9.17, 15) is 22.0 Å². The summed E-state index contributed by atoms with van der Waals surface area (Å²) in [5.41, 5.74) is 0.346. The molecule has 9 heteroatoms. The molecule has 0 aliphatic carbocycles. The summed E-state index contributed by atoms with van der Waals surface area (Å²) in [4.78, 5) is 12.1. The van der Waals surface area contributed by atoms with Crippen LogP contribution in [0.5, 0.6) is 5.75 Å².